The summed E-state index contributed by atoms with van der Waals surface area (Å²) in [6.07, 6.45) is 0. The van der Waals surface area contributed by atoms with Gasteiger partial charge in [0.05, 0.1) is 20.1 Å². The van der Waals surface area contributed by atoms with Crippen molar-refractivity contribution in [1.29, 1.82) is 5.26 Å². The van der Waals surface area contributed by atoms with Crippen molar-refractivity contribution in [3.8, 4) is 11.8 Å². The Balaban J connectivity index is 3.23. The highest BCUT2D eigenvalue weighted by atomic mass is 127. The van der Waals surface area contributed by atoms with E-state index in [0.717, 1.165) is 6.07 Å². The molecule has 8 heteroatoms. The number of primary amides is 1. The minimum atomic E-state index is -0.737. The minimum absolute atomic E-state index is 0.0617. The number of carbonyl (C=O) groups excluding carboxylic acids is 1. The van der Waals surface area contributed by atoms with Gasteiger partial charge in [0.15, 0.2) is 6.61 Å². The molecule has 0 aliphatic carbocycles. The molecule has 0 atom stereocenters. The number of ether oxygens (including phenoxy) is 1. The van der Waals surface area contributed by atoms with Crippen LogP contribution in [0.2, 0.25) is 0 Å². The molecule has 1 amide bonds. The quantitative estimate of drug-likeness (QED) is 0.494. The molecule has 2 N–H and O–H groups in total. The Kier molecular flexibility index (Phi) is 4.22. The van der Waals surface area contributed by atoms with Crippen LogP contribution >= 0.6 is 22.6 Å². The van der Waals surface area contributed by atoms with Gasteiger partial charge in [-0.1, -0.05) is 0 Å². The average molecular weight is 347 g/mol. The molecular weight excluding hydrogens is 341 g/mol. The standard InChI is InChI=1S/C9H6IN3O4/c10-6-1-5(3-11)2-7(13(15)16)9(6)17-4-8(12)14/h1-2H,4H2,(H2,12,14). The highest BCUT2D eigenvalue weighted by Gasteiger charge is 2.20. The minimum Gasteiger partial charge on any atom is -0.476 e. The second-order valence-electron chi connectivity index (χ2n) is 2.93. The number of nitro groups is 1. The van der Waals surface area contributed by atoms with Crippen LogP contribution in [-0.2, 0) is 4.79 Å². The molecule has 7 nitrogen and oxygen atoms in total. The van der Waals surface area contributed by atoms with E-state index in [1.807, 2.05) is 0 Å². The van der Waals surface area contributed by atoms with E-state index in [2.05, 4.69) is 0 Å². The number of nitrogens with zero attached hydrogens (tertiary/aromatic N) is 2. The fraction of sp³-hybridized carbons (Fsp3) is 0.111. The third-order valence-electron chi connectivity index (χ3n) is 1.71. The van der Waals surface area contributed by atoms with Gasteiger partial charge in [-0.25, -0.2) is 0 Å². The molecule has 0 saturated heterocycles. The predicted molar refractivity (Wildman–Crippen MR) is 65.2 cm³/mol. The van der Waals surface area contributed by atoms with Crippen LogP contribution in [0.5, 0.6) is 5.75 Å². The predicted octanol–water partition coefficient (Wildman–Crippen LogP) is 0.935. The summed E-state index contributed by atoms with van der Waals surface area (Å²) in [5.41, 5.74) is 4.66. The lowest BCUT2D eigenvalue weighted by molar-refractivity contribution is -0.385. The van der Waals surface area contributed by atoms with Crippen LogP contribution in [0.4, 0.5) is 5.69 Å². The molecule has 0 heterocycles. The highest BCUT2D eigenvalue weighted by Crippen LogP contribution is 2.33. The van der Waals surface area contributed by atoms with Crippen molar-refractivity contribution < 1.29 is 14.5 Å². The number of nitro benzene ring substituents is 1. The second kappa shape index (κ2) is 5.44. The van der Waals surface area contributed by atoms with Gasteiger partial charge in [0.2, 0.25) is 5.75 Å². The lowest BCUT2D eigenvalue weighted by Crippen LogP contribution is -2.20. The molecule has 0 bridgehead atoms. The number of carbonyl (C=O) groups is 1. The van der Waals surface area contributed by atoms with Crippen molar-refractivity contribution in [3.63, 3.8) is 0 Å². The summed E-state index contributed by atoms with van der Waals surface area (Å²) < 4.78 is 5.33. The zero-order chi connectivity index (χ0) is 13.0. The molecule has 17 heavy (non-hydrogen) atoms. The lowest BCUT2D eigenvalue weighted by atomic mass is 10.2. The number of nitrogens with two attached hydrogens (primary N) is 1. The van der Waals surface area contributed by atoms with Gasteiger partial charge in [-0.15, -0.1) is 0 Å². The van der Waals surface area contributed by atoms with E-state index in [9.17, 15) is 14.9 Å². The van der Waals surface area contributed by atoms with E-state index >= 15 is 0 Å². The fourth-order valence-corrected chi connectivity index (χ4v) is 1.83. The molecule has 0 spiro atoms. The van der Waals surface area contributed by atoms with E-state index < -0.39 is 17.4 Å². The number of hydrogen-bond acceptors (Lipinski definition) is 5. The zero-order valence-electron chi connectivity index (χ0n) is 8.34. The van der Waals surface area contributed by atoms with Crippen LogP contribution in [0.25, 0.3) is 0 Å². The van der Waals surface area contributed by atoms with Crippen LogP contribution in [0.15, 0.2) is 12.1 Å². The summed E-state index contributed by atoms with van der Waals surface area (Å²) >= 11 is 1.78. The molecule has 1 aromatic carbocycles. The maximum Gasteiger partial charge on any atom is 0.313 e. The molecule has 1 aromatic rings. The Labute approximate surface area is 109 Å². The van der Waals surface area contributed by atoms with Gasteiger partial charge in [0.25, 0.3) is 5.91 Å². The first-order valence-corrected chi connectivity index (χ1v) is 5.32. The molecule has 0 aliphatic rings. The van der Waals surface area contributed by atoms with Crippen molar-refractivity contribution in [2.75, 3.05) is 6.61 Å². The van der Waals surface area contributed by atoms with Gasteiger partial charge in [-0.2, -0.15) is 5.26 Å². The topological polar surface area (TPSA) is 119 Å². The van der Waals surface area contributed by atoms with Crippen LogP contribution in [0.1, 0.15) is 5.56 Å². The molecule has 1 rings (SSSR count). The number of halogens is 1. The van der Waals surface area contributed by atoms with E-state index in [0.29, 0.717) is 3.57 Å². The molecule has 0 fully saturated rings. The molecular formula is C9H6IN3O4. The van der Waals surface area contributed by atoms with Gasteiger partial charge < -0.3 is 10.5 Å². The number of hydrogen-bond donors (Lipinski definition) is 1. The highest BCUT2D eigenvalue weighted by molar-refractivity contribution is 14.1. The second-order valence-corrected chi connectivity index (χ2v) is 4.09. The van der Waals surface area contributed by atoms with Crippen molar-refractivity contribution in [3.05, 3.63) is 31.4 Å². The van der Waals surface area contributed by atoms with Crippen LogP contribution in [-0.4, -0.2) is 17.4 Å². The van der Waals surface area contributed by atoms with E-state index in [1.54, 1.807) is 28.7 Å². The van der Waals surface area contributed by atoms with Crippen LogP contribution in [0, 0.1) is 25.0 Å². The summed E-state index contributed by atoms with van der Waals surface area (Å²) in [6, 6.07) is 4.30. The summed E-state index contributed by atoms with van der Waals surface area (Å²) in [5.74, 6) is -0.798. The summed E-state index contributed by atoms with van der Waals surface area (Å²) in [4.78, 5) is 20.7. The molecule has 88 valence electrons. The molecule has 0 aromatic heterocycles. The third kappa shape index (κ3) is 3.28. The normalized spacial score (nSPS) is 9.41. The Hall–Kier alpha value is -1.89. The first kappa shape index (κ1) is 13.2. The number of rotatable bonds is 4. The Morgan fingerprint density at radius 2 is 2.29 bits per heavy atom. The first-order chi connectivity index (χ1) is 7.95. The summed E-state index contributed by atoms with van der Waals surface area (Å²) in [6.45, 7) is -0.456. The maximum atomic E-state index is 10.8. The summed E-state index contributed by atoms with van der Waals surface area (Å²) in [5, 5.41) is 19.5. The Bertz CT molecular complexity index is 524. The van der Waals surface area contributed by atoms with Crippen LogP contribution in [0.3, 0.4) is 0 Å². The van der Waals surface area contributed by atoms with Crippen molar-refractivity contribution in [1.82, 2.24) is 0 Å². The van der Waals surface area contributed by atoms with Gasteiger partial charge in [0.1, 0.15) is 0 Å². The monoisotopic (exact) mass is 347 g/mol. The number of benzene rings is 1. The largest absolute Gasteiger partial charge is 0.476 e. The summed E-state index contributed by atoms with van der Waals surface area (Å²) in [7, 11) is 0. The van der Waals surface area contributed by atoms with Crippen molar-refractivity contribution in [2.24, 2.45) is 5.73 Å². The van der Waals surface area contributed by atoms with Gasteiger partial charge in [0, 0.05) is 6.07 Å². The van der Waals surface area contributed by atoms with Crippen molar-refractivity contribution in [2.45, 2.75) is 0 Å². The first-order valence-electron chi connectivity index (χ1n) is 4.25. The van der Waals surface area contributed by atoms with E-state index in [1.165, 1.54) is 6.07 Å². The van der Waals surface area contributed by atoms with Gasteiger partial charge in [-0.3, -0.25) is 14.9 Å². The van der Waals surface area contributed by atoms with E-state index in [4.69, 9.17) is 15.7 Å². The fourth-order valence-electron chi connectivity index (χ4n) is 1.07. The smallest absolute Gasteiger partial charge is 0.313 e. The molecule has 0 radical (unpaired) electrons. The van der Waals surface area contributed by atoms with E-state index in [-0.39, 0.29) is 17.0 Å². The zero-order valence-corrected chi connectivity index (χ0v) is 10.5. The van der Waals surface area contributed by atoms with Crippen molar-refractivity contribution >= 4 is 34.2 Å². The maximum absolute atomic E-state index is 10.8. The Morgan fingerprint density at radius 1 is 1.65 bits per heavy atom. The van der Waals surface area contributed by atoms with Crippen LogP contribution < -0.4 is 10.5 Å². The number of amides is 1. The Morgan fingerprint density at radius 3 is 2.76 bits per heavy atom. The molecule has 0 unspecified atom stereocenters. The lowest BCUT2D eigenvalue weighted by Gasteiger charge is -2.07. The molecule has 0 aliphatic heterocycles. The van der Waals surface area contributed by atoms with Gasteiger partial charge in [-0.05, 0) is 28.7 Å². The van der Waals surface area contributed by atoms with Gasteiger partial charge >= 0.3 is 5.69 Å². The molecule has 0 saturated carbocycles. The number of nitriles is 1. The average Bonchev–Trinajstić information content (AvgIpc) is 2.25. The third-order valence-corrected chi connectivity index (χ3v) is 2.51. The SMILES string of the molecule is N#Cc1cc(I)c(OCC(N)=O)c([N+](=O)[O-])c1.